The minimum absolute atomic E-state index is 0.124. The molecule has 0 spiro atoms. The quantitative estimate of drug-likeness (QED) is 0.733. The molecule has 0 aromatic rings. The maximum absolute atomic E-state index is 9.42. The molecule has 2 nitrogen and oxygen atoms in total. The molecule has 84 valence electrons. The second-order valence-corrected chi connectivity index (χ2v) is 5.35. The fourth-order valence-electron chi connectivity index (χ4n) is 2.52. The first kappa shape index (κ1) is 12.0. The highest BCUT2D eigenvalue weighted by Gasteiger charge is 2.28. The van der Waals surface area contributed by atoms with Gasteiger partial charge in [-0.25, -0.2) is 0 Å². The third-order valence-electron chi connectivity index (χ3n) is 3.35. The van der Waals surface area contributed by atoms with Gasteiger partial charge >= 0.3 is 0 Å². The molecule has 1 saturated heterocycles. The molecule has 1 aliphatic heterocycles. The summed E-state index contributed by atoms with van der Waals surface area (Å²) in [5.74, 6) is 0.847. The Morgan fingerprint density at radius 3 is 2.64 bits per heavy atom. The Hall–Kier alpha value is -0.0800. The summed E-state index contributed by atoms with van der Waals surface area (Å²) < 4.78 is 0. The molecular weight excluding hydrogens is 174 g/mol. The lowest BCUT2D eigenvalue weighted by atomic mass is 9.86. The van der Waals surface area contributed by atoms with Crippen LogP contribution in [0.25, 0.3) is 0 Å². The van der Waals surface area contributed by atoms with Gasteiger partial charge in [0.05, 0.1) is 0 Å². The fourth-order valence-corrected chi connectivity index (χ4v) is 2.52. The molecule has 1 heterocycles. The lowest BCUT2D eigenvalue weighted by Crippen LogP contribution is -2.37. The second-order valence-electron chi connectivity index (χ2n) is 5.35. The van der Waals surface area contributed by atoms with Crippen molar-refractivity contribution in [1.82, 2.24) is 4.90 Å². The molecule has 0 amide bonds. The van der Waals surface area contributed by atoms with E-state index in [-0.39, 0.29) is 5.41 Å². The molecule has 1 aliphatic rings. The lowest BCUT2D eigenvalue weighted by molar-refractivity contribution is 0.0885. The van der Waals surface area contributed by atoms with Crippen molar-refractivity contribution in [2.75, 3.05) is 26.2 Å². The third kappa shape index (κ3) is 3.25. The van der Waals surface area contributed by atoms with Gasteiger partial charge in [-0.05, 0) is 25.3 Å². The van der Waals surface area contributed by atoms with E-state index in [0.717, 1.165) is 18.9 Å². The summed E-state index contributed by atoms with van der Waals surface area (Å²) in [6.45, 7) is 10.6. The molecule has 0 saturated carbocycles. The van der Waals surface area contributed by atoms with Crippen molar-refractivity contribution in [3.05, 3.63) is 0 Å². The van der Waals surface area contributed by atoms with Crippen molar-refractivity contribution in [1.29, 1.82) is 0 Å². The average molecular weight is 199 g/mol. The van der Waals surface area contributed by atoms with Crippen molar-refractivity contribution in [3.63, 3.8) is 0 Å². The van der Waals surface area contributed by atoms with Gasteiger partial charge in [0.1, 0.15) is 0 Å². The van der Waals surface area contributed by atoms with Gasteiger partial charge in [-0.3, -0.25) is 0 Å². The smallest absolute Gasteiger partial charge is 0.0497 e. The first-order valence-electron chi connectivity index (χ1n) is 5.93. The van der Waals surface area contributed by atoms with Crippen LogP contribution in [0.3, 0.4) is 0 Å². The van der Waals surface area contributed by atoms with Crippen molar-refractivity contribution < 1.29 is 5.11 Å². The van der Waals surface area contributed by atoms with Crippen LogP contribution in [0.1, 0.15) is 40.0 Å². The van der Waals surface area contributed by atoms with E-state index in [9.17, 15) is 5.11 Å². The first-order chi connectivity index (χ1) is 6.59. The Morgan fingerprint density at radius 1 is 1.50 bits per heavy atom. The van der Waals surface area contributed by atoms with E-state index in [0.29, 0.717) is 6.61 Å². The van der Waals surface area contributed by atoms with Crippen LogP contribution < -0.4 is 0 Å². The summed E-state index contributed by atoms with van der Waals surface area (Å²) in [4.78, 5) is 2.51. The van der Waals surface area contributed by atoms with Crippen molar-refractivity contribution in [2.24, 2.45) is 11.3 Å². The molecule has 1 rings (SSSR count). The van der Waals surface area contributed by atoms with Crippen molar-refractivity contribution in [2.45, 2.75) is 40.0 Å². The average Bonchev–Trinajstić information content (AvgIpc) is 2.51. The van der Waals surface area contributed by atoms with Gasteiger partial charge in [-0.2, -0.15) is 0 Å². The van der Waals surface area contributed by atoms with Crippen molar-refractivity contribution in [3.8, 4) is 0 Å². The van der Waals surface area contributed by atoms with E-state index in [2.05, 4.69) is 25.7 Å². The second kappa shape index (κ2) is 5.13. The number of rotatable bonds is 5. The Kier molecular flexibility index (Phi) is 4.39. The molecule has 0 aromatic heterocycles. The van der Waals surface area contributed by atoms with E-state index in [1.54, 1.807) is 0 Å². The third-order valence-corrected chi connectivity index (χ3v) is 3.35. The predicted molar refractivity (Wildman–Crippen MR) is 60.3 cm³/mol. The molecule has 0 aromatic carbocycles. The van der Waals surface area contributed by atoms with E-state index >= 15 is 0 Å². The van der Waals surface area contributed by atoms with Gasteiger partial charge in [0.15, 0.2) is 0 Å². The van der Waals surface area contributed by atoms with Gasteiger partial charge < -0.3 is 10.0 Å². The van der Waals surface area contributed by atoms with Gasteiger partial charge in [0.25, 0.3) is 0 Å². The van der Waals surface area contributed by atoms with Gasteiger partial charge in [0.2, 0.25) is 0 Å². The zero-order valence-corrected chi connectivity index (χ0v) is 9.92. The number of aliphatic hydroxyl groups excluding tert-OH is 1. The summed E-state index contributed by atoms with van der Waals surface area (Å²) in [6, 6.07) is 0. The van der Waals surface area contributed by atoms with E-state index in [4.69, 9.17) is 0 Å². The summed E-state index contributed by atoms with van der Waals surface area (Å²) in [5, 5.41) is 9.42. The number of hydrogen-bond acceptors (Lipinski definition) is 2. The molecule has 2 atom stereocenters. The van der Waals surface area contributed by atoms with Gasteiger partial charge in [-0.15, -0.1) is 0 Å². The SMILES string of the molecule is CCCC(C)(CO)CN1CCC(C)C1. The van der Waals surface area contributed by atoms with Gasteiger partial charge in [0, 0.05) is 25.1 Å². The highest BCUT2D eigenvalue weighted by molar-refractivity contribution is 4.81. The van der Waals surface area contributed by atoms with Gasteiger partial charge in [-0.1, -0.05) is 27.2 Å². The van der Waals surface area contributed by atoms with Crippen LogP contribution in [-0.2, 0) is 0 Å². The Balaban J connectivity index is 2.39. The summed E-state index contributed by atoms with van der Waals surface area (Å²) in [5.41, 5.74) is 0.124. The van der Waals surface area contributed by atoms with E-state index in [1.165, 1.54) is 25.9 Å². The number of hydrogen-bond donors (Lipinski definition) is 1. The molecule has 0 aliphatic carbocycles. The Labute approximate surface area is 88.3 Å². The maximum atomic E-state index is 9.42. The molecule has 1 N–H and O–H groups in total. The molecular formula is C12H25NO. The van der Waals surface area contributed by atoms with Crippen LogP contribution in [0.15, 0.2) is 0 Å². The van der Waals surface area contributed by atoms with Crippen LogP contribution in [0.5, 0.6) is 0 Å². The molecule has 1 fully saturated rings. The maximum Gasteiger partial charge on any atom is 0.0497 e. The van der Waals surface area contributed by atoms with Crippen LogP contribution in [0.4, 0.5) is 0 Å². The zero-order valence-electron chi connectivity index (χ0n) is 9.92. The van der Waals surface area contributed by atoms with E-state index in [1.807, 2.05) is 0 Å². The monoisotopic (exact) mass is 199 g/mol. The Bertz CT molecular complexity index is 172. The number of aliphatic hydroxyl groups is 1. The zero-order chi connectivity index (χ0) is 10.6. The molecule has 2 heteroatoms. The first-order valence-corrected chi connectivity index (χ1v) is 5.93. The highest BCUT2D eigenvalue weighted by atomic mass is 16.3. The number of likely N-dealkylation sites (tertiary alicyclic amines) is 1. The Morgan fingerprint density at radius 2 is 2.21 bits per heavy atom. The normalized spacial score (nSPS) is 27.9. The van der Waals surface area contributed by atoms with Crippen LogP contribution >= 0.6 is 0 Å². The lowest BCUT2D eigenvalue weighted by Gasteiger charge is -2.31. The van der Waals surface area contributed by atoms with Crippen LogP contribution in [0, 0.1) is 11.3 Å². The molecule has 0 bridgehead atoms. The standard InChI is InChI=1S/C12H25NO/c1-4-6-12(3,10-14)9-13-7-5-11(2)8-13/h11,14H,4-10H2,1-3H3. The van der Waals surface area contributed by atoms with Crippen LogP contribution in [0.2, 0.25) is 0 Å². The predicted octanol–water partition coefficient (Wildman–Crippen LogP) is 2.13. The molecule has 0 radical (unpaired) electrons. The van der Waals surface area contributed by atoms with Crippen molar-refractivity contribution >= 4 is 0 Å². The molecule has 2 unspecified atom stereocenters. The van der Waals surface area contributed by atoms with E-state index < -0.39 is 0 Å². The minimum Gasteiger partial charge on any atom is -0.396 e. The van der Waals surface area contributed by atoms with Crippen LogP contribution in [-0.4, -0.2) is 36.2 Å². The highest BCUT2D eigenvalue weighted by Crippen LogP contribution is 2.26. The topological polar surface area (TPSA) is 23.5 Å². The summed E-state index contributed by atoms with van der Waals surface area (Å²) >= 11 is 0. The number of nitrogens with zero attached hydrogens (tertiary/aromatic N) is 1. The fraction of sp³-hybridized carbons (Fsp3) is 1.00. The summed E-state index contributed by atoms with van der Waals surface area (Å²) in [7, 11) is 0. The summed E-state index contributed by atoms with van der Waals surface area (Å²) in [6.07, 6.45) is 3.63. The molecule has 14 heavy (non-hydrogen) atoms. The largest absolute Gasteiger partial charge is 0.396 e. The minimum atomic E-state index is 0.124.